The number of aliphatic imine (C=N–C) groups is 2. The zero-order valence-corrected chi connectivity index (χ0v) is 21.1. The molecule has 2 aromatic heterocycles. The van der Waals surface area contributed by atoms with Crippen LogP contribution in [0.25, 0.3) is 11.2 Å². The Bertz CT molecular complexity index is 1560. The van der Waals surface area contributed by atoms with Gasteiger partial charge in [-0.15, -0.1) is 5.48 Å². The summed E-state index contributed by atoms with van der Waals surface area (Å²) in [5.74, 6) is -3.80. The molecule has 226 valence electrons. The summed E-state index contributed by atoms with van der Waals surface area (Å²) in [6.45, 7) is -1.15. The quantitative estimate of drug-likeness (QED) is 0.105. The van der Waals surface area contributed by atoms with Gasteiger partial charge in [-0.25, -0.2) is 19.7 Å². The lowest BCUT2D eigenvalue weighted by molar-refractivity contribution is -0.126. The van der Waals surface area contributed by atoms with Crippen LogP contribution in [0, 0.1) is 0 Å². The first-order valence-corrected chi connectivity index (χ1v) is 12.3. The summed E-state index contributed by atoms with van der Waals surface area (Å²) < 4.78 is 12.3. The van der Waals surface area contributed by atoms with Crippen molar-refractivity contribution in [3.05, 3.63) is 16.7 Å². The number of aromatic amines is 1. The predicted octanol–water partition coefficient (Wildman–Crippen LogP) is -6.74. The molecule has 12 N–H and O–H groups in total. The number of nitrogens with zero attached hydrogens (tertiary/aromatic N) is 6. The number of nitrogens with two attached hydrogens (primary N) is 2. The standard InChI is InChI=1S/C20H25N11O11/c21-18-25-12-6(14(37)26-18)23-3-30(12)16-10(35)9(34)5(42-16)2-40-29-20(22)27-13-7(15(38)28-20)24-19(39)31(13)17-11(36)8(33)4(1-32)41-17/h3-5,8-11,16-17,29,32-36H,1-2,22H2,(H,28,38)(H3,21,25,26,37)/t4-,5-,8-,9-,10-,11-,16-,17-,20?/m1/s1. The number of aliphatic hydroxyl groups excluding tert-OH is 5. The highest BCUT2D eigenvalue weighted by molar-refractivity contribution is 6.70. The number of fused-ring (bicyclic) bond motifs is 2. The molecule has 0 aliphatic carbocycles. The molecule has 0 saturated carbocycles. The Labute approximate surface area is 232 Å². The number of hydroxylamine groups is 1. The van der Waals surface area contributed by atoms with Crippen molar-refractivity contribution >= 4 is 40.6 Å². The number of anilines is 1. The van der Waals surface area contributed by atoms with Gasteiger partial charge in [-0.05, 0) is 0 Å². The predicted molar refractivity (Wildman–Crippen MR) is 132 cm³/mol. The number of imidazole rings is 1. The Morgan fingerprint density at radius 1 is 1.07 bits per heavy atom. The molecule has 4 aliphatic heterocycles. The summed E-state index contributed by atoms with van der Waals surface area (Å²) in [6.07, 6.45) is -10.3. The molecule has 22 nitrogen and oxygen atoms in total. The number of H-pyrrole nitrogens is 1. The molecular weight excluding hydrogens is 570 g/mol. The lowest BCUT2D eigenvalue weighted by Gasteiger charge is -2.34. The Morgan fingerprint density at radius 3 is 2.48 bits per heavy atom. The highest BCUT2D eigenvalue weighted by Gasteiger charge is 2.54. The molecule has 1 unspecified atom stereocenters. The molecule has 2 fully saturated rings. The van der Waals surface area contributed by atoms with Crippen LogP contribution in [-0.2, 0) is 19.1 Å². The third-order valence-corrected chi connectivity index (χ3v) is 6.96. The molecule has 6 heterocycles. The van der Waals surface area contributed by atoms with Crippen LogP contribution < -0.4 is 27.8 Å². The van der Waals surface area contributed by atoms with Crippen molar-refractivity contribution in [3.8, 4) is 0 Å². The fraction of sp³-hybridized carbons (Fsp3) is 0.550. The maximum absolute atomic E-state index is 12.7. The van der Waals surface area contributed by atoms with Crippen molar-refractivity contribution in [1.82, 2.24) is 35.2 Å². The second-order valence-corrected chi connectivity index (χ2v) is 9.73. The molecule has 22 heteroatoms. The minimum Gasteiger partial charge on any atom is -0.394 e. The molecule has 2 saturated heterocycles. The second-order valence-electron chi connectivity index (χ2n) is 9.73. The molecule has 3 amide bonds. The summed E-state index contributed by atoms with van der Waals surface area (Å²) in [4.78, 5) is 61.2. The molecule has 0 radical (unpaired) electrons. The van der Waals surface area contributed by atoms with E-state index in [0.29, 0.717) is 4.90 Å². The maximum atomic E-state index is 12.7. The van der Waals surface area contributed by atoms with Crippen molar-refractivity contribution in [2.24, 2.45) is 15.7 Å². The van der Waals surface area contributed by atoms with Gasteiger partial charge in [0.15, 0.2) is 35.2 Å². The number of rotatable bonds is 7. The first kappa shape index (κ1) is 28.2. The van der Waals surface area contributed by atoms with E-state index in [1.807, 2.05) is 0 Å². The minimum atomic E-state index is -2.22. The van der Waals surface area contributed by atoms with Crippen molar-refractivity contribution < 1.29 is 49.4 Å². The highest BCUT2D eigenvalue weighted by atomic mass is 16.7. The summed E-state index contributed by atoms with van der Waals surface area (Å²) in [6, 6.07) is -1.05. The van der Waals surface area contributed by atoms with Crippen LogP contribution >= 0.6 is 0 Å². The van der Waals surface area contributed by atoms with Gasteiger partial charge in [0.25, 0.3) is 17.4 Å². The van der Waals surface area contributed by atoms with Gasteiger partial charge < -0.3 is 40.7 Å². The largest absolute Gasteiger partial charge is 0.394 e. The average molecular weight is 595 g/mol. The van der Waals surface area contributed by atoms with Gasteiger partial charge in [-0.2, -0.15) is 9.98 Å². The van der Waals surface area contributed by atoms with Crippen LogP contribution in [0.3, 0.4) is 0 Å². The molecule has 2 aromatic rings. The van der Waals surface area contributed by atoms with E-state index in [4.69, 9.17) is 25.8 Å². The third kappa shape index (κ3) is 4.42. The van der Waals surface area contributed by atoms with Gasteiger partial charge in [0.1, 0.15) is 36.6 Å². The van der Waals surface area contributed by atoms with Crippen LogP contribution in [0.4, 0.5) is 10.7 Å². The van der Waals surface area contributed by atoms with E-state index >= 15 is 0 Å². The number of amidine groups is 1. The summed E-state index contributed by atoms with van der Waals surface area (Å²) in [7, 11) is 0. The summed E-state index contributed by atoms with van der Waals surface area (Å²) in [5, 5.41) is 53.2. The lowest BCUT2D eigenvalue weighted by Crippen LogP contribution is -2.70. The molecule has 0 spiro atoms. The first-order chi connectivity index (χ1) is 19.9. The van der Waals surface area contributed by atoms with Gasteiger partial charge in [0, 0.05) is 0 Å². The Kier molecular flexibility index (Phi) is 6.76. The second kappa shape index (κ2) is 10.1. The third-order valence-electron chi connectivity index (χ3n) is 6.96. The number of nitrogens with one attached hydrogen (secondary N) is 3. The highest BCUT2D eigenvalue weighted by Crippen LogP contribution is 2.32. The number of aromatic nitrogens is 4. The fourth-order valence-electron chi connectivity index (χ4n) is 4.92. The van der Waals surface area contributed by atoms with Crippen LogP contribution in [0.5, 0.6) is 0 Å². The van der Waals surface area contributed by atoms with E-state index in [0.717, 1.165) is 0 Å². The molecular formula is C20H25N11O11. The molecule has 42 heavy (non-hydrogen) atoms. The van der Waals surface area contributed by atoms with E-state index in [-0.39, 0.29) is 17.1 Å². The Hall–Kier alpha value is -3.97. The number of aliphatic hydroxyl groups is 5. The van der Waals surface area contributed by atoms with Crippen molar-refractivity contribution in [2.45, 2.75) is 55.0 Å². The fourth-order valence-corrected chi connectivity index (χ4v) is 4.92. The molecule has 4 aliphatic rings. The number of carbonyl (C=O) groups is 2. The smallest absolute Gasteiger partial charge is 0.352 e. The van der Waals surface area contributed by atoms with E-state index in [2.05, 4.69) is 35.7 Å². The van der Waals surface area contributed by atoms with Gasteiger partial charge in [-0.1, -0.05) is 0 Å². The van der Waals surface area contributed by atoms with Gasteiger partial charge in [0.2, 0.25) is 5.95 Å². The van der Waals surface area contributed by atoms with E-state index in [1.165, 1.54) is 10.9 Å². The zero-order valence-electron chi connectivity index (χ0n) is 21.1. The summed E-state index contributed by atoms with van der Waals surface area (Å²) >= 11 is 0. The van der Waals surface area contributed by atoms with Gasteiger partial charge in [0.05, 0.1) is 19.5 Å². The zero-order chi connectivity index (χ0) is 30.1. The van der Waals surface area contributed by atoms with Gasteiger partial charge >= 0.3 is 6.03 Å². The lowest BCUT2D eigenvalue weighted by atomic mass is 10.1. The Morgan fingerprint density at radius 2 is 1.76 bits per heavy atom. The van der Waals surface area contributed by atoms with Crippen LogP contribution in [0.2, 0.25) is 0 Å². The molecule has 0 aromatic carbocycles. The summed E-state index contributed by atoms with van der Waals surface area (Å²) in [5.41, 5.74) is 12.8. The maximum Gasteiger partial charge on any atom is 0.352 e. The van der Waals surface area contributed by atoms with Crippen LogP contribution in [0.15, 0.2) is 21.1 Å². The molecule has 9 atom stereocenters. The molecule has 0 bridgehead atoms. The van der Waals surface area contributed by atoms with E-state index in [1.54, 1.807) is 0 Å². The van der Waals surface area contributed by atoms with E-state index < -0.39 is 97.2 Å². The number of ether oxygens (including phenoxy) is 2. The topological polar surface area (TPSA) is 331 Å². The monoisotopic (exact) mass is 595 g/mol. The number of nitrogen functional groups attached to an aromatic ring is 1. The number of carbonyl (C=O) groups excluding carboxylic acids is 2. The normalized spacial score (nSPS) is 36.4. The first-order valence-electron chi connectivity index (χ1n) is 12.3. The van der Waals surface area contributed by atoms with Crippen molar-refractivity contribution in [1.29, 1.82) is 0 Å². The Balaban J connectivity index is 1.16. The number of hydrogen-bond acceptors (Lipinski definition) is 17. The van der Waals surface area contributed by atoms with Crippen LogP contribution in [-0.4, -0.2) is 135 Å². The van der Waals surface area contributed by atoms with Crippen LogP contribution in [0.1, 0.15) is 6.23 Å². The van der Waals surface area contributed by atoms with Gasteiger partial charge in [-0.3, -0.25) is 35.0 Å². The SMILES string of the molecule is Nc1nc2c(ncn2[C@@H]2O[C@H](CONC3(N)N=C4C(=NC(=O)N4[C@@H]4O[C@H](CO)[C@@H](O)[C@H]4O)C(=O)N3)[C@@H](O)[C@H]2O)c(=O)[nH]1. The average Bonchev–Trinajstić information content (AvgIpc) is 3.64. The number of amides is 3. The van der Waals surface area contributed by atoms with E-state index in [9.17, 15) is 39.9 Å². The number of urea groups is 1. The number of hydrogen-bond donors (Lipinski definition) is 10. The molecule has 6 rings (SSSR count). The van der Waals surface area contributed by atoms with Crippen molar-refractivity contribution in [2.75, 3.05) is 18.9 Å². The minimum absolute atomic E-state index is 0.00355. The van der Waals surface area contributed by atoms with Crippen molar-refractivity contribution in [3.63, 3.8) is 0 Å².